The van der Waals surface area contributed by atoms with Crippen molar-refractivity contribution in [2.45, 2.75) is 6.42 Å². The first-order chi connectivity index (χ1) is 11.2. The Balaban J connectivity index is 1.38. The zero-order chi connectivity index (χ0) is 15.7. The third-order valence-corrected chi connectivity index (χ3v) is 6.82. The number of hydrogen-bond acceptors (Lipinski definition) is 2. The molecule has 1 unspecified atom stereocenters. The van der Waals surface area contributed by atoms with Gasteiger partial charge in [-0.15, -0.1) is 0 Å². The van der Waals surface area contributed by atoms with Crippen LogP contribution in [0.25, 0.3) is 0 Å². The van der Waals surface area contributed by atoms with Crippen LogP contribution in [-0.4, -0.2) is 31.0 Å². The number of rotatable bonds is 2. The number of halogens is 1. The maximum absolute atomic E-state index is 12.9. The molecule has 6 atom stereocenters. The Labute approximate surface area is 141 Å². The molecule has 1 aliphatic heterocycles. The highest BCUT2D eigenvalue weighted by Gasteiger charge is 2.61. The summed E-state index contributed by atoms with van der Waals surface area (Å²) in [4.78, 5) is 14.9. The van der Waals surface area contributed by atoms with E-state index in [0.717, 1.165) is 24.9 Å². The van der Waals surface area contributed by atoms with E-state index < -0.39 is 0 Å². The Morgan fingerprint density at radius 1 is 1.13 bits per heavy atom. The summed E-state index contributed by atoms with van der Waals surface area (Å²) in [5.41, 5.74) is 0.667. The summed E-state index contributed by atoms with van der Waals surface area (Å²) >= 11 is 6.18. The number of hydrogen-bond donors (Lipinski definition) is 0. The van der Waals surface area contributed by atoms with Gasteiger partial charge in [0.25, 0.3) is 5.91 Å². The van der Waals surface area contributed by atoms with E-state index in [2.05, 4.69) is 12.2 Å². The summed E-state index contributed by atoms with van der Waals surface area (Å²) < 4.78 is 5.17. The number of likely N-dealkylation sites (tertiary alicyclic amines) is 1. The van der Waals surface area contributed by atoms with Crippen LogP contribution in [0, 0.1) is 35.5 Å². The molecule has 4 aliphatic carbocycles. The van der Waals surface area contributed by atoms with E-state index in [1.807, 2.05) is 11.0 Å². The molecular formula is C19H20ClNO2. The number of amides is 1. The Hall–Kier alpha value is -1.48. The third kappa shape index (κ3) is 1.92. The van der Waals surface area contributed by atoms with Crippen molar-refractivity contribution in [3.05, 3.63) is 40.9 Å². The van der Waals surface area contributed by atoms with Crippen molar-refractivity contribution in [3.8, 4) is 5.75 Å². The summed E-state index contributed by atoms with van der Waals surface area (Å²) in [7, 11) is 1.59. The highest BCUT2D eigenvalue weighted by atomic mass is 35.5. The largest absolute Gasteiger partial charge is 0.495 e. The number of ether oxygens (including phenoxy) is 1. The highest BCUT2D eigenvalue weighted by Crippen LogP contribution is 2.64. The fraction of sp³-hybridized carbons (Fsp3) is 0.526. The SMILES string of the molecule is COc1ccc(C(=O)N2CC3[C@@H](C2)[C@H]2C=C[C@@H]3[C@@H]3C[C@H]23)cc1Cl. The van der Waals surface area contributed by atoms with E-state index in [4.69, 9.17) is 16.3 Å². The van der Waals surface area contributed by atoms with Gasteiger partial charge >= 0.3 is 0 Å². The third-order valence-electron chi connectivity index (χ3n) is 6.52. The number of carbonyl (C=O) groups is 1. The van der Waals surface area contributed by atoms with Crippen molar-refractivity contribution in [3.63, 3.8) is 0 Å². The zero-order valence-electron chi connectivity index (χ0n) is 13.1. The summed E-state index contributed by atoms with van der Waals surface area (Å²) in [5, 5.41) is 0.498. The van der Waals surface area contributed by atoms with Gasteiger partial charge in [0.15, 0.2) is 0 Å². The van der Waals surface area contributed by atoms with Crippen molar-refractivity contribution >= 4 is 17.5 Å². The molecule has 0 radical (unpaired) electrons. The molecule has 6 rings (SSSR count). The summed E-state index contributed by atoms with van der Waals surface area (Å²) in [6.07, 6.45) is 6.30. The van der Waals surface area contributed by atoms with Gasteiger partial charge in [0.2, 0.25) is 0 Å². The first-order valence-corrected chi connectivity index (χ1v) is 8.86. The van der Waals surface area contributed by atoms with Gasteiger partial charge in [-0.2, -0.15) is 0 Å². The minimum atomic E-state index is 0.108. The normalized spacial score (nSPS) is 39.1. The number of benzene rings is 1. The molecule has 1 saturated heterocycles. The van der Waals surface area contributed by atoms with Gasteiger partial charge in [-0.3, -0.25) is 4.79 Å². The number of allylic oxidation sites excluding steroid dienone is 2. The van der Waals surface area contributed by atoms with E-state index in [0.29, 0.717) is 40.0 Å². The lowest BCUT2D eigenvalue weighted by molar-refractivity contribution is 0.0781. The maximum atomic E-state index is 12.9. The van der Waals surface area contributed by atoms with Crippen LogP contribution in [-0.2, 0) is 0 Å². The van der Waals surface area contributed by atoms with Crippen LogP contribution in [0.2, 0.25) is 5.02 Å². The van der Waals surface area contributed by atoms with Crippen LogP contribution < -0.4 is 4.74 Å². The second kappa shape index (κ2) is 4.76. The summed E-state index contributed by atoms with van der Waals surface area (Å²) in [5.74, 6) is 5.32. The van der Waals surface area contributed by atoms with Crippen LogP contribution in [0.4, 0.5) is 0 Å². The maximum Gasteiger partial charge on any atom is 0.253 e. The second-order valence-electron chi connectivity index (χ2n) is 7.49. The molecule has 1 aromatic rings. The summed E-state index contributed by atoms with van der Waals surface area (Å²) in [6, 6.07) is 5.33. The lowest BCUT2D eigenvalue weighted by Gasteiger charge is -2.40. The van der Waals surface area contributed by atoms with Crippen LogP contribution in [0.15, 0.2) is 30.4 Å². The number of nitrogens with zero attached hydrogens (tertiary/aromatic N) is 1. The van der Waals surface area contributed by atoms with Crippen molar-refractivity contribution in [2.75, 3.05) is 20.2 Å². The molecular weight excluding hydrogens is 310 g/mol. The molecule has 23 heavy (non-hydrogen) atoms. The standard InChI is InChI=1S/C19H20ClNO2/c1-23-18-5-2-10(6-17(18)20)19(22)21-8-15-11-3-4-12(16(15)9-21)14-7-13(11)14/h2-6,11-16H,7-9H2,1H3/t11-,12+,13+,14-,15-,16?/m0/s1. The van der Waals surface area contributed by atoms with Gasteiger partial charge in [-0.1, -0.05) is 23.8 Å². The van der Waals surface area contributed by atoms with Crippen LogP contribution in [0.3, 0.4) is 0 Å². The smallest absolute Gasteiger partial charge is 0.253 e. The van der Waals surface area contributed by atoms with Gasteiger partial charge in [0.05, 0.1) is 12.1 Å². The first kappa shape index (κ1) is 13.9. The molecule has 120 valence electrons. The molecule has 0 aromatic heterocycles. The molecule has 1 amide bonds. The molecule has 2 saturated carbocycles. The molecule has 1 heterocycles. The second-order valence-corrected chi connectivity index (χ2v) is 7.90. The lowest BCUT2D eigenvalue weighted by Crippen LogP contribution is -2.37. The van der Waals surface area contributed by atoms with Gasteiger partial charge in [0, 0.05) is 18.7 Å². The van der Waals surface area contributed by atoms with Crippen molar-refractivity contribution < 1.29 is 9.53 Å². The predicted octanol–water partition coefficient (Wildman–Crippen LogP) is 3.49. The molecule has 0 N–H and O–H groups in total. The van der Waals surface area contributed by atoms with Gasteiger partial charge in [-0.25, -0.2) is 0 Å². The van der Waals surface area contributed by atoms with Gasteiger partial charge < -0.3 is 9.64 Å². The van der Waals surface area contributed by atoms with E-state index in [1.54, 1.807) is 19.2 Å². The van der Waals surface area contributed by atoms with Crippen molar-refractivity contribution in [2.24, 2.45) is 35.5 Å². The Morgan fingerprint density at radius 3 is 2.35 bits per heavy atom. The fourth-order valence-corrected chi connectivity index (χ4v) is 5.66. The van der Waals surface area contributed by atoms with E-state index in [-0.39, 0.29) is 5.91 Å². The molecule has 0 spiro atoms. The molecule has 4 heteroatoms. The zero-order valence-corrected chi connectivity index (χ0v) is 13.9. The lowest BCUT2D eigenvalue weighted by atomic mass is 9.64. The van der Waals surface area contributed by atoms with Gasteiger partial charge in [-0.05, 0) is 60.1 Å². The minimum absolute atomic E-state index is 0.108. The predicted molar refractivity (Wildman–Crippen MR) is 88.6 cm³/mol. The fourth-order valence-electron chi connectivity index (χ4n) is 5.40. The minimum Gasteiger partial charge on any atom is -0.495 e. The Morgan fingerprint density at radius 2 is 1.78 bits per heavy atom. The molecule has 3 nitrogen and oxygen atoms in total. The topological polar surface area (TPSA) is 29.5 Å². The van der Waals surface area contributed by atoms with Crippen molar-refractivity contribution in [1.82, 2.24) is 4.90 Å². The quantitative estimate of drug-likeness (QED) is 0.777. The Kier molecular flexibility index (Phi) is 2.88. The van der Waals surface area contributed by atoms with E-state index in [9.17, 15) is 4.79 Å². The van der Waals surface area contributed by atoms with Crippen LogP contribution in [0.1, 0.15) is 16.8 Å². The number of methoxy groups -OCH3 is 1. The number of carbonyl (C=O) groups excluding carboxylic acids is 1. The molecule has 5 aliphatic rings. The van der Waals surface area contributed by atoms with Gasteiger partial charge in [0.1, 0.15) is 5.75 Å². The van der Waals surface area contributed by atoms with E-state index >= 15 is 0 Å². The average Bonchev–Trinajstić information content (AvgIpc) is 3.26. The van der Waals surface area contributed by atoms with Crippen LogP contribution >= 0.6 is 11.6 Å². The van der Waals surface area contributed by atoms with Crippen LogP contribution in [0.5, 0.6) is 5.75 Å². The van der Waals surface area contributed by atoms with E-state index in [1.165, 1.54) is 6.42 Å². The Bertz CT molecular complexity index is 689. The van der Waals surface area contributed by atoms with Crippen molar-refractivity contribution in [1.29, 1.82) is 0 Å². The monoisotopic (exact) mass is 329 g/mol. The molecule has 1 aromatic carbocycles. The average molecular weight is 330 g/mol. The summed E-state index contributed by atoms with van der Waals surface area (Å²) in [6.45, 7) is 1.81. The molecule has 3 fully saturated rings. The highest BCUT2D eigenvalue weighted by molar-refractivity contribution is 6.32. The first-order valence-electron chi connectivity index (χ1n) is 8.48. The molecule has 2 bridgehead atoms.